The van der Waals surface area contributed by atoms with E-state index >= 15 is 0 Å². The molecule has 1 saturated carbocycles. The summed E-state index contributed by atoms with van der Waals surface area (Å²) in [7, 11) is 1.59. The second-order valence-corrected chi connectivity index (χ2v) is 8.81. The van der Waals surface area contributed by atoms with Crippen molar-refractivity contribution in [3.05, 3.63) is 65.2 Å². The van der Waals surface area contributed by atoms with Crippen molar-refractivity contribution in [3.8, 4) is 5.75 Å². The maximum atomic E-state index is 13.3. The average molecular weight is 439 g/mol. The van der Waals surface area contributed by atoms with E-state index in [0.717, 1.165) is 16.7 Å². The van der Waals surface area contributed by atoms with Crippen LogP contribution in [0.25, 0.3) is 0 Å². The SMILES string of the molecule is COc1ccc(C[C@@H](NC(=O)O)C(=O)N2CC(OCC3CC3)(c3ccccc3C)C2)cc1. The molecular formula is C25H30N2O5. The van der Waals surface area contributed by atoms with E-state index in [0.29, 0.717) is 31.4 Å². The van der Waals surface area contributed by atoms with Crippen LogP contribution in [-0.2, 0) is 21.6 Å². The number of ether oxygens (including phenoxy) is 2. The van der Waals surface area contributed by atoms with Crippen LogP contribution in [0.5, 0.6) is 5.75 Å². The average Bonchev–Trinajstić information content (AvgIpc) is 3.58. The van der Waals surface area contributed by atoms with Crippen LogP contribution in [-0.4, -0.2) is 54.9 Å². The van der Waals surface area contributed by atoms with Crippen molar-refractivity contribution in [1.82, 2.24) is 10.2 Å². The number of nitrogens with one attached hydrogen (secondary N) is 1. The van der Waals surface area contributed by atoms with Gasteiger partial charge >= 0.3 is 6.09 Å². The first-order chi connectivity index (χ1) is 15.4. The first-order valence-corrected chi connectivity index (χ1v) is 11.0. The molecule has 1 aliphatic carbocycles. The van der Waals surface area contributed by atoms with Gasteiger partial charge in [-0.05, 0) is 54.5 Å². The van der Waals surface area contributed by atoms with Gasteiger partial charge in [-0.1, -0.05) is 36.4 Å². The fourth-order valence-corrected chi connectivity index (χ4v) is 4.28. The summed E-state index contributed by atoms with van der Waals surface area (Å²) >= 11 is 0. The third-order valence-corrected chi connectivity index (χ3v) is 6.33. The Bertz CT molecular complexity index is 965. The standard InChI is InChI=1S/C25H30N2O5/c1-17-5-3-4-6-21(17)25(32-14-19-7-8-19)15-27(16-25)23(28)22(26-24(29)30)13-18-9-11-20(31-2)12-10-18/h3-6,9-12,19,22,26H,7-8,13-16H2,1-2H3,(H,29,30)/t22-/m1/s1. The Kier molecular flexibility index (Phi) is 6.37. The number of carbonyl (C=O) groups is 2. The second kappa shape index (κ2) is 9.20. The zero-order valence-electron chi connectivity index (χ0n) is 18.5. The van der Waals surface area contributed by atoms with E-state index in [-0.39, 0.29) is 12.3 Å². The Labute approximate surface area is 188 Å². The molecule has 32 heavy (non-hydrogen) atoms. The van der Waals surface area contributed by atoms with E-state index in [1.54, 1.807) is 24.1 Å². The number of rotatable bonds is 9. The van der Waals surface area contributed by atoms with Gasteiger partial charge < -0.3 is 24.8 Å². The molecule has 4 rings (SSSR count). The molecule has 1 saturated heterocycles. The minimum atomic E-state index is -1.22. The fourth-order valence-electron chi connectivity index (χ4n) is 4.28. The summed E-state index contributed by atoms with van der Waals surface area (Å²) in [5.41, 5.74) is 2.56. The summed E-state index contributed by atoms with van der Waals surface area (Å²) in [6.45, 7) is 3.59. The van der Waals surface area contributed by atoms with Crippen molar-refractivity contribution in [2.75, 3.05) is 26.8 Å². The number of nitrogens with zero attached hydrogens (tertiary/aromatic N) is 1. The molecule has 0 unspecified atom stereocenters. The summed E-state index contributed by atoms with van der Waals surface area (Å²) < 4.78 is 11.6. The zero-order chi connectivity index (χ0) is 22.7. The van der Waals surface area contributed by atoms with Crippen LogP contribution in [0.4, 0.5) is 4.79 Å². The largest absolute Gasteiger partial charge is 0.497 e. The number of carboxylic acid groups (broad SMARTS) is 1. The highest BCUT2D eigenvalue weighted by Gasteiger charge is 2.50. The molecule has 1 heterocycles. The smallest absolute Gasteiger partial charge is 0.405 e. The summed E-state index contributed by atoms with van der Waals surface area (Å²) in [4.78, 5) is 26.3. The van der Waals surface area contributed by atoms with E-state index in [9.17, 15) is 14.7 Å². The van der Waals surface area contributed by atoms with Crippen LogP contribution in [0.3, 0.4) is 0 Å². The van der Waals surface area contributed by atoms with E-state index in [1.165, 1.54) is 12.8 Å². The van der Waals surface area contributed by atoms with Crippen LogP contribution >= 0.6 is 0 Å². The zero-order valence-corrected chi connectivity index (χ0v) is 18.5. The second-order valence-electron chi connectivity index (χ2n) is 8.81. The highest BCUT2D eigenvalue weighted by Crippen LogP contribution is 2.40. The van der Waals surface area contributed by atoms with Gasteiger partial charge in [0.25, 0.3) is 0 Å². The van der Waals surface area contributed by atoms with E-state index in [2.05, 4.69) is 24.4 Å². The number of amides is 2. The van der Waals surface area contributed by atoms with Gasteiger partial charge in [0, 0.05) is 6.42 Å². The quantitative estimate of drug-likeness (QED) is 0.627. The summed E-state index contributed by atoms with van der Waals surface area (Å²) in [5.74, 6) is 1.08. The highest BCUT2D eigenvalue weighted by molar-refractivity contribution is 5.86. The van der Waals surface area contributed by atoms with Gasteiger partial charge in [0.15, 0.2) is 0 Å². The molecule has 2 fully saturated rings. The highest BCUT2D eigenvalue weighted by atomic mass is 16.5. The number of carbonyl (C=O) groups excluding carboxylic acids is 1. The van der Waals surface area contributed by atoms with Gasteiger partial charge in [-0.2, -0.15) is 0 Å². The number of aryl methyl sites for hydroxylation is 1. The predicted octanol–water partition coefficient (Wildman–Crippen LogP) is 3.35. The molecule has 2 aromatic carbocycles. The molecule has 170 valence electrons. The Morgan fingerprint density at radius 2 is 1.84 bits per heavy atom. The molecule has 0 spiro atoms. The predicted molar refractivity (Wildman–Crippen MR) is 120 cm³/mol. The Balaban J connectivity index is 1.48. The van der Waals surface area contributed by atoms with Crippen molar-refractivity contribution < 1.29 is 24.2 Å². The van der Waals surface area contributed by atoms with Gasteiger partial charge in [-0.25, -0.2) is 4.79 Å². The minimum Gasteiger partial charge on any atom is -0.497 e. The van der Waals surface area contributed by atoms with Crippen molar-refractivity contribution in [3.63, 3.8) is 0 Å². The van der Waals surface area contributed by atoms with E-state index in [4.69, 9.17) is 9.47 Å². The topological polar surface area (TPSA) is 88.1 Å². The molecule has 2 amide bonds. The third-order valence-electron chi connectivity index (χ3n) is 6.33. The van der Waals surface area contributed by atoms with Crippen LogP contribution < -0.4 is 10.1 Å². The van der Waals surface area contributed by atoms with Crippen molar-refractivity contribution >= 4 is 12.0 Å². The lowest BCUT2D eigenvalue weighted by atomic mass is 9.82. The Morgan fingerprint density at radius 3 is 2.44 bits per heavy atom. The van der Waals surface area contributed by atoms with Crippen molar-refractivity contribution in [2.45, 2.75) is 37.8 Å². The molecule has 0 radical (unpaired) electrons. The van der Waals surface area contributed by atoms with Crippen molar-refractivity contribution in [2.24, 2.45) is 5.92 Å². The maximum Gasteiger partial charge on any atom is 0.405 e. The Hall–Kier alpha value is -3.06. The molecule has 0 aromatic heterocycles. The van der Waals surface area contributed by atoms with Crippen LogP contribution in [0.2, 0.25) is 0 Å². The number of methoxy groups -OCH3 is 1. The monoisotopic (exact) mass is 438 g/mol. The first-order valence-electron chi connectivity index (χ1n) is 11.0. The molecule has 2 N–H and O–H groups in total. The van der Waals surface area contributed by atoms with Gasteiger partial charge in [0.05, 0.1) is 26.8 Å². The summed E-state index contributed by atoms with van der Waals surface area (Å²) in [6, 6.07) is 14.5. The van der Waals surface area contributed by atoms with E-state index in [1.807, 2.05) is 24.3 Å². The van der Waals surface area contributed by atoms with Gasteiger partial charge in [0.2, 0.25) is 5.91 Å². The molecule has 2 aromatic rings. The normalized spacial score (nSPS) is 17.9. The van der Waals surface area contributed by atoms with E-state index < -0.39 is 17.7 Å². The molecule has 1 aliphatic heterocycles. The molecule has 0 bridgehead atoms. The minimum absolute atomic E-state index is 0.234. The lowest BCUT2D eigenvalue weighted by Crippen LogP contribution is -2.66. The molecule has 2 aliphatic rings. The number of benzene rings is 2. The maximum absolute atomic E-state index is 13.3. The van der Waals surface area contributed by atoms with Crippen LogP contribution in [0, 0.1) is 12.8 Å². The lowest BCUT2D eigenvalue weighted by Gasteiger charge is -2.51. The van der Waals surface area contributed by atoms with Gasteiger partial charge in [-0.3, -0.25) is 4.79 Å². The van der Waals surface area contributed by atoms with Crippen molar-refractivity contribution in [1.29, 1.82) is 0 Å². The summed E-state index contributed by atoms with van der Waals surface area (Å²) in [5, 5.41) is 11.7. The molecule has 7 heteroatoms. The third kappa shape index (κ3) is 4.88. The molecule has 1 atom stereocenters. The number of likely N-dealkylation sites (tertiary alicyclic amines) is 1. The first kappa shape index (κ1) is 22.1. The summed E-state index contributed by atoms with van der Waals surface area (Å²) in [6.07, 6.45) is 1.44. The molecular weight excluding hydrogens is 408 g/mol. The van der Waals surface area contributed by atoms with Gasteiger partial charge in [-0.15, -0.1) is 0 Å². The van der Waals surface area contributed by atoms with Crippen LogP contribution in [0.1, 0.15) is 29.5 Å². The number of hydrogen-bond acceptors (Lipinski definition) is 4. The Morgan fingerprint density at radius 1 is 1.16 bits per heavy atom. The van der Waals surface area contributed by atoms with Gasteiger partial charge in [0.1, 0.15) is 17.4 Å². The fraction of sp³-hybridized carbons (Fsp3) is 0.440. The lowest BCUT2D eigenvalue weighted by molar-refractivity contribution is -0.176. The molecule has 7 nitrogen and oxygen atoms in total. The number of hydrogen-bond donors (Lipinski definition) is 2. The van der Waals surface area contributed by atoms with Crippen LogP contribution in [0.15, 0.2) is 48.5 Å².